The van der Waals surface area contributed by atoms with Gasteiger partial charge in [0.25, 0.3) is 0 Å². The van der Waals surface area contributed by atoms with E-state index in [2.05, 4.69) is 21.0 Å². The van der Waals surface area contributed by atoms with E-state index < -0.39 is 0 Å². The van der Waals surface area contributed by atoms with Crippen LogP contribution in [0.3, 0.4) is 0 Å². The number of hydrogen-bond donors (Lipinski definition) is 1. The molecule has 3 nitrogen and oxygen atoms in total. The van der Waals surface area contributed by atoms with Gasteiger partial charge in [-0.2, -0.15) is 9.36 Å². The van der Waals surface area contributed by atoms with Crippen LogP contribution in [-0.2, 0) is 0 Å². The summed E-state index contributed by atoms with van der Waals surface area (Å²) in [6.45, 7) is 0. The van der Waals surface area contributed by atoms with Crippen LogP contribution in [0.1, 0.15) is 0 Å². The van der Waals surface area contributed by atoms with Crippen molar-refractivity contribution in [2.45, 2.75) is 0 Å². The fourth-order valence-electron chi connectivity index (χ4n) is 0.251. The van der Waals surface area contributed by atoms with E-state index in [1.165, 1.54) is 11.5 Å². The van der Waals surface area contributed by atoms with Gasteiger partial charge in [0.2, 0.25) is 11.5 Å². The van der Waals surface area contributed by atoms with Gasteiger partial charge in [-0.05, 0) is 0 Å². The Morgan fingerprint density at radius 3 is 3.00 bits per heavy atom. The van der Waals surface area contributed by atoms with Crippen LogP contribution in [0.25, 0.3) is 0 Å². The molecule has 7 heavy (non-hydrogen) atoms. The molecule has 0 bridgehead atoms. The van der Waals surface area contributed by atoms with Gasteiger partial charge in [-0.25, -0.2) is 0 Å². The smallest absolute Gasteiger partial charge is 0.213 e. The van der Waals surface area contributed by atoms with Crippen molar-refractivity contribution in [2.24, 2.45) is 0 Å². The molecule has 1 aromatic heterocycles. The van der Waals surface area contributed by atoms with Gasteiger partial charge in [0.15, 0.2) is 0 Å². The molecular formula is C3H4N3S. The quantitative estimate of drug-likeness (QED) is 0.573. The molecule has 0 atom stereocenters. The van der Waals surface area contributed by atoms with Crippen LogP contribution in [0.5, 0.6) is 0 Å². The first-order chi connectivity index (χ1) is 3.43. The number of aromatic nitrogens is 2. The first-order valence-corrected chi connectivity index (χ1v) is 2.58. The molecule has 1 aromatic rings. The third-order valence-corrected chi connectivity index (χ3v) is 1.18. The summed E-state index contributed by atoms with van der Waals surface area (Å²) in [6.07, 6.45) is 2.44. The lowest BCUT2D eigenvalue weighted by atomic mass is 11.1. The van der Waals surface area contributed by atoms with Crippen molar-refractivity contribution in [3.8, 4) is 0 Å². The van der Waals surface area contributed by atoms with E-state index in [0.29, 0.717) is 0 Å². The fourth-order valence-corrected chi connectivity index (χ4v) is 0.592. The van der Waals surface area contributed by atoms with Gasteiger partial charge in [0, 0.05) is 18.6 Å². The molecule has 0 aromatic carbocycles. The zero-order valence-corrected chi connectivity index (χ0v) is 4.62. The Hall–Kier alpha value is -0.640. The van der Waals surface area contributed by atoms with Crippen molar-refractivity contribution < 1.29 is 0 Å². The molecule has 1 rings (SSSR count). The Balaban J connectivity index is 2.76. The Morgan fingerprint density at radius 2 is 2.71 bits per heavy atom. The van der Waals surface area contributed by atoms with Crippen LogP contribution in [0, 0.1) is 6.33 Å². The summed E-state index contributed by atoms with van der Waals surface area (Å²) in [5.41, 5.74) is 0. The molecule has 0 saturated heterocycles. The van der Waals surface area contributed by atoms with Crippen molar-refractivity contribution >= 4 is 16.7 Å². The molecule has 0 fully saturated rings. The van der Waals surface area contributed by atoms with Gasteiger partial charge in [0.1, 0.15) is 0 Å². The van der Waals surface area contributed by atoms with Gasteiger partial charge in [-0.15, -0.1) is 0 Å². The standard InChI is InChI=1S/C3H4N3S/c1-4-3-5-2-6-7-3/h1H3,(H,4,5,6). The van der Waals surface area contributed by atoms with Crippen molar-refractivity contribution in [3.05, 3.63) is 6.33 Å². The number of nitrogens with zero attached hydrogens (tertiary/aromatic N) is 2. The average molecular weight is 114 g/mol. The molecule has 0 aliphatic heterocycles. The molecule has 0 spiro atoms. The zero-order valence-electron chi connectivity index (χ0n) is 3.80. The summed E-state index contributed by atoms with van der Waals surface area (Å²) >= 11 is 1.30. The molecule has 0 amide bonds. The van der Waals surface area contributed by atoms with Gasteiger partial charge in [-0.3, -0.25) is 0 Å². The van der Waals surface area contributed by atoms with Crippen molar-refractivity contribution in [3.63, 3.8) is 0 Å². The second-order valence-electron chi connectivity index (χ2n) is 0.950. The minimum absolute atomic E-state index is 0.806. The lowest BCUT2D eigenvalue weighted by molar-refractivity contribution is 1.29. The second-order valence-corrected chi connectivity index (χ2v) is 1.70. The highest BCUT2D eigenvalue weighted by Crippen LogP contribution is 2.02. The molecule has 1 heterocycles. The van der Waals surface area contributed by atoms with Crippen molar-refractivity contribution in [1.29, 1.82) is 0 Å². The molecule has 4 heteroatoms. The molecule has 0 aliphatic carbocycles. The Labute approximate surface area is 45.6 Å². The van der Waals surface area contributed by atoms with E-state index in [4.69, 9.17) is 0 Å². The first kappa shape index (κ1) is 4.52. The highest BCUT2D eigenvalue weighted by molar-refractivity contribution is 7.09. The van der Waals surface area contributed by atoms with Gasteiger partial charge < -0.3 is 5.32 Å². The normalized spacial score (nSPS) is 8.71. The molecular weight excluding hydrogens is 110 g/mol. The molecule has 1 radical (unpaired) electrons. The maximum Gasteiger partial charge on any atom is 0.213 e. The largest absolute Gasteiger partial charge is 0.363 e. The third-order valence-electron chi connectivity index (χ3n) is 0.538. The van der Waals surface area contributed by atoms with Crippen LogP contribution in [0.2, 0.25) is 0 Å². The average Bonchev–Trinajstić information content (AvgIpc) is 2.14. The summed E-state index contributed by atoms with van der Waals surface area (Å²) in [4.78, 5) is 3.71. The summed E-state index contributed by atoms with van der Waals surface area (Å²) in [5, 5.41) is 3.63. The summed E-state index contributed by atoms with van der Waals surface area (Å²) in [6, 6.07) is 0. The zero-order chi connectivity index (χ0) is 5.11. The molecule has 0 unspecified atom stereocenters. The van der Waals surface area contributed by atoms with Crippen LogP contribution >= 0.6 is 11.5 Å². The fraction of sp³-hybridized carbons (Fsp3) is 0.333. The van der Waals surface area contributed by atoms with Crippen LogP contribution < -0.4 is 5.32 Å². The summed E-state index contributed by atoms with van der Waals surface area (Å²) in [7, 11) is 1.80. The lowest BCUT2D eigenvalue weighted by Crippen LogP contribution is -1.83. The van der Waals surface area contributed by atoms with E-state index in [9.17, 15) is 0 Å². The van der Waals surface area contributed by atoms with E-state index >= 15 is 0 Å². The van der Waals surface area contributed by atoms with Crippen LogP contribution in [0.4, 0.5) is 5.13 Å². The van der Waals surface area contributed by atoms with Gasteiger partial charge in [-0.1, -0.05) is 0 Å². The van der Waals surface area contributed by atoms with E-state index in [1.807, 2.05) is 0 Å². The minimum Gasteiger partial charge on any atom is -0.363 e. The Morgan fingerprint density at radius 1 is 1.86 bits per heavy atom. The van der Waals surface area contributed by atoms with E-state index in [0.717, 1.165) is 5.13 Å². The number of nitrogens with one attached hydrogen (secondary N) is 1. The molecule has 1 N–H and O–H groups in total. The second kappa shape index (κ2) is 1.88. The third kappa shape index (κ3) is 0.866. The molecule has 0 aliphatic rings. The SMILES string of the molecule is CNc1n[c]ns1. The van der Waals surface area contributed by atoms with Crippen LogP contribution in [0.15, 0.2) is 0 Å². The highest BCUT2D eigenvalue weighted by Gasteiger charge is 1.85. The van der Waals surface area contributed by atoms with E-state index in [-0.39, 0.29) is 0 Å². The van der Waals surface area contributed by atoms with Crippen LogP contribution in [-0.4, -0.2) is 16.4 Å². The van der Waals surface area contributed by atoms with Crippen molar-refractivity contribution in [2.75, 3.05) is 12.4 Å². The number of anilines is 1. The maximum atomic E-state index is 3.71. The number of rotatable bonds is 1. The summed E-state index contributed by atoms with van der Waals surface area (Å²) in [5.74, 6) is 0. The predicted octanol–water partition coefficient (Wildman–Crippen LogP) is 0.380. The topological polar surface area (TPSA) is 37.8 Å². The van der Waals surface area contributed by atoms with Crippen molar-refractivity contribution in [1.82, 2.24) is 9.36 Å². The van der Waals surface area contributed by atoms with Gasteiger partial charge >= 0.3 is 0 Å². The Bertz CT molecular complexity index is 125. The molecule has 37 valence electrons. The Kier molecular flexibility index (Phi) is 1.21. The van der Waals surface area contributed by atoms with E-state index in [1.54, 1.807) is 7.05 Å². The minimum atomic E-state index is 0.806. The highest BCUT2D eigenvalue weighted by atomic mass is 32.1. The first-order valence-electron chi connectivity index (χ1n) is 1.81. The molecule has 0 saturated carbocycles. The summed E-state index contributed by atoms with van der Waals surface area (Å²) < 4.78 is 3.64. The monoisotopic (exact) mass is 114 g/mol. The number of hydrogen-bond acceptors (Lipinski definition) is 4. The van der Waals surface area contributed by atoms with Gasteiger partial charge in [0.05, 0.1) is 0 Å². The predicted molar refractivity (Wildman–Crippen MR) is 28.3 cm³/mol. The maximum absolute atomic E-state index is 3.71. The lowest BCUT2D eigenvalue weighted by Gasteiger charge is -1.81.